The van der Waals surface area contributed by atoms with Crippen molar-refractivity contribution in [2.75, 3.05) is 13.1 Å². The summed E-state index contributed by atoms with van der Waals surface area (Å²) in [6.07, 6.45) is 3.29. The van der Waals surface area contributed by atoms with Crippen LogP contribution in [0.3, 0.4) is 0 Å². The number of nitrogens with zero attached hydrogens (tertiary/aromatic N) is 1. The second kappa shape index (κ2) is 8.13. The van der Waals surface area contributed by atoms with Crippen molar-refractivity contribution in [1.82, 2.24) is 4.90 Å². The molecule has 1 aliphatic heterocycles. The molecule has 0 radical (unpaired) electrons. The van der Waals surface area contributed by atoms with Gasteiger partial charge >= 0.3 is 0 Å². The molecule has 0 spiro atoms. The third-order valence-electron chi connectivity index (χ3n) is 4.93. The van der Waals surface area contributed by atoms with E-state index in [0.29, 0.717) is 16.7 Å². The summed E-state index contributed by atoms with van der Waals surface area (Å²) in [5.74, 6) is 1.08. The molecule has 1 atom stereocenters. The first kappa shape index (κ1) is 18.8. The number of hydrogen-bond donors (Lipinski definition) is 0. The van der Waals surface area contributed by atoms with Gasteiger partial charge < -0.3 is 9.64 Å². The molecule has 1 amide bonds. The Balaban J connectivity index is 1.72. The third kappa shape index (κ3) is 4.59. The lowest BCUT2D eigenvalue weighted by atomic mass is 9.94. The zero-order valence-electron chi connectivity index (χ0n) is 15.5. The van der Waals surface area contributed by atoms with Gasteiger partial charge in [0.25, 0.3) is 5.91 Å². The summed E-state index contributed by atoms with van der Waals surface area (Å²) >= 11 is 5.93. The van der Waals surface area contributed by atoms with Crippen LogP contribution in [0, 0.1) is 0 Å². The summed E-state index contributed by atoms with van der Waals surface area (Å²) in [5, 5.41) is 0.653. The van der Waals surface area contributed by atoms with Crippen LogP contribution >= 0.6 is 11.6 Å². The Morgan fingerprint density at radius 1 is 1.08 bits per heavy atom. The topological polar surface area (TPSA) is 29.5 Å². The lowest BCUT2D eigenvalue weighted by molar-refractivity contribution is -0.145. The van der Waals surface area contributed by atoms with Crippen molar-refractivity contribution < 1.29 is 9.53 Å². The van der Waals surface area contributed by atoms with Gasteiger partial charge in [0.15, 0.2) is 5.60 Å². The Morgan fingerprint density at radius 3 is 2.46 bits per heavy atom. The van der Waals surface area contributed by atoms with Crippen LogP contribution in [0.25, 0.3) is 0 Å². The predicted molar refractivity (Wildman–Crippen MR) is 106 cm³/mol. The molecule has 1 saturated heterocycles. The van der Waals surface area contributed by atoms with Gasteiger partial charge in [-0.2, -0.15) is 0 Å². The highest BCUT2D eigenvalue weighted by atomic mass is 35.5. The molecule has 138 valence electrons. The van der Waals surface area contributed by atoms with Crippen LogP contribution in [0.5, 0.6) is 5.75 Å². The van der Waals surface area contributed by atoms with Crippen LogP contribution in [-0.2, 0) is 4.79 Å². The van der Waals surface area contributed by atoms with E-state index in [9.17, 15) is 4.79 Å². The summed E-state index contributed by atoms with van der Waals surface area (Å²) in [5.41, 5.74) is 0.392. The van der Waals surface area contributed by atoms with Gasteiger partial charge in [-0.1, -0.05) is 48.4 Å². The Labute approximate surface area is 160 Å². The van der Waals surface area contributed by atoms with Crippen LogP contribution in [-0.4, -0.2) is 29.5 Å². The zero-order valence-corrected chi connectivity index (χ0v) is 16.2. The van der Waals surface area contributed by atoms with Crippen LogP contribution in [0.15, 0.2) is 54.6 Å². The van der Waals surface area contributed by atoms with Gasteiger partial charge in [0.2, 0.25) is 0 Å². The fraction of sp³-hybridized carbons (Fsp3) is 0.409. The standard InChI is InChI=1S/C22H26ClNO2/c1-22(2,26-20-13-11-19(23)12-14-20)21(25)24-15-7-6-10-18(16-24)17-8-4-3-5-9-17/h3-5,8-9,11-14,18H,6-7,10,15-16H2,1-2H3. The van der Waals surface area contributed by atoms with E-state index in [-0.39, 0.29) is 5.91 Å². The molecule has 1 heterocycles. The number of halogens is 1. The SMILES string of the molecule is CC(C)(Oc1ccc(Cl)cc1)C(=O)N1CCCCC(c2ccccc2)C1. The first-order chi connectivity index (χ1) is 12.5. The van der Waals surface area contributed by atoms with Gasteiger partial charge in [-0.25, -0.2) is 0 Å². The molecule has 26 heavy (non-hydrogen) atoms. The molecule has 4 heteroatoms. The molecular weight excluding hydrogens is 346 g/mol. The average molecular weight is 372 g/mol. The second-order valence-electron chi connectivity index (χ2n) is 7.42. The van der Waals surface area contributed by atoms with Gasteiger partial charge in [-0.05, 0) is 56.5 Å². The van der Waals surface area contributed by atoms with Gasteiger partial charge in [-0.15, -0.1) is 0 Å². The molecule has 1 unspecified atom stereocenters. The maximum absolute atomic E-state index is 13.2. The number of carbonyl (C=O) groups excluding carboxylic acids is 1. The van der Waals surface area contributed by atoms with Crippen molar-refractivity contribution >= 4 is 17.5 Å². The number of carbonyl (C=O) groups is 1. The highest BCUT2D eigenvalue weighted by molar-refractivity contribution is 6.30. The van der Waals surface area contributed by atoms with Gasteiger partial charge in [0, 0.05) is 24.0 Å². The normalized spacial score (nSPS) is 18.3. The summed E-state index contributed by atoms with van der Waals surface area (Å²) < 4.78 is 6.00. The van der Waals surface area contributed by atoms with Crippen LogP contribution in [0.4, 0.5) is 0 Å². The lowest BCUT2D eigenvalue weighted by Crippen LogP contribution is -2.49. The molecular formula is C22H26ClNO2. The first-order valence-electron chi connectivity index (χ1n) is 9.24. The van der Waals surface area contributed by atoms with Gasteiger partial charge in [0.1, 0.15) is 5.75 Å². The Bertz CT molecular complexity index is 728. The minimum atomic E-state index is -0.917. The van der Waals surface area contributed by atoms with E-state index in [2.05, 4.69) is 24.3 Å². The maximum Gasteiger partial charge on any atom is 0.266 e. The van der Waals surface area contributed by atoms with Gasteiger partial charge in [-0.3, -0.25) is 4.79 Å². The molecule has 1 aliphatic rings. The lowest BCUT2D eigenvalue weighted by Gasteiger charge is -2.33. The number of hydrogen-bond acceptors (Lipinski definition) is 2. The van der Waals surface area contributed by atoms with Crippen LogP contribution < -0.4 is 4.74 Å². The minimum Gasteiger partial charge on any atom is -0.478 e. The molecule has 3 rings (SSSR count). The van der Waals surface area contributed by atoms with E-state index < -0.39 is 5.60 Å². The number of rotatable bonds is 4. The molecule has 2 aromatic carbocycles. The highest BCUT2D eigenvalue weighted by Crippen LogP contribution is 2.29. The summed E-state index contributed by atoms with van der Waals surface area (Å²) in [6, 6.07) is 17.6. The van der Waals surface area contributed by atoms with E-state index in [1.54, 1.807) is 24.3 Å². The smallest absolute Gasteiger partial charge is 0.266 e. The number of likely N-dealkylation sites (tertiary alicyclic amines) is 1. The second-order valence-corrected chi connectivity index (χ2v) is 7.86. The fourth-order valence-corrected chi connectivity index (χ4v) is 3.67. The highest BCUT2D eigenvalue weighted by Gasteiger charge is 2.36. The summed E-state index contributed by atoms with van der Waals surface area (Å²) in [6.45, 7) is 5.21. The van der Waals surface area contributed by atoms with Crippen molar-refractivity contribution in [3.63, 3.8) is 0 Å². The largest absolute Gasteiger partial charge is 0.478 e. The molecule has 3 nitrogen and oxygen atoms in total. The zero-order chi connectivity index (χ0) is 18.6. The monoisotopic (exact) mass is 371 g/mol. The van der Waals surface area contributed by atoms with Crippen molar-refractivity contribution in [2.45, 2.75) is 44.6 Å². The van der Waals surface area contributed by atoms with E-state index in [0.717, 1.165) is 32.4 Å². The predicted octanol–water partition coefficient (Wildman–Crippen LogP) is 5.29. The van der Waals surface area contributed by atoms with Crippen molar-refractivity contribution in [3.05, 3.63) is 65.2 Å². The van der Waals surface area contributed by atoms with E-state index in [1.165, 1.54) is 5.56 Å². The quantitative estimate of drug-likeness (QED) is 0.730. The molecule has 2 aromatic rings. The molecule has 0 aliphatic carbocycles. The van der Waals surface area contributed by atoms with E-state index in [4.69, 9.17) is 16.3 Å². The summed E-state index contributed by atoms with van der Waals surface area (Å²) in [4.78, 5) is 15.2. The first-order valence-corrected chi connectivity index (χ1v) is 9.62. The molecule has 0 N–H and O–H groups in total. The Morgan fingerprint density at radius 2 is 1.77 bits per heavy atom. The number of ether oxygens (including phenoxy) is 1. The minimum absolute atomic E-state index is 0.0373. The maximum atomic E-state index is 13.2. The molecule has 0 aromatic heterocycles. The van der Waals surface area contributed by atoms with Gasteiger partial charge in [0.05, 0.1) is 0 Å². The van der Waals surface area contributed by atoms with Crippen molar-refractivity contribution in [2.24, 2.45) is 0 Å². The summed E-state index contributed by atoms with van der Waals surface area (Å²) in [7, 11) is 0. The van der Waals surface area contributed by atoms with Crippen molar-refractivity contribution in [3.8, 4) is 5.75 Å². The van der Waals surface area contributed by atoms with E-state index in [1.807, 2.05) is 24.8 Å². The fourth-order valence-electron chi connectivity index (χ4n) is 3.55. The van der Waals surface area contributed by atoms with Crippen LogP contribution in [0.1, 0.15) is 44.6 Å². The van der Waals surface area contributed by atoms with E-state index >= 15 is 0 Å². The Kier molecular flexibility index (Phi) is 5.87. The van der Waals surface area contributed by atoms with Crippen molar-refractivity contribution in [1.29, 1.82) is 0 Å². The van der Waals surface area contributed by atoms with Crippen LogP contribution in [0.2, 0.25) is 5.02 Å². The molecule has 0 bridgehead atoms. The Hall–Kier alpha value is -2.00. The average Bonchev–Trinajstić information content (AvgIpc) is 2.90. The third-order valence-corrected chi connectivity index (χ3v) is 5.18. The molecule has 1 fully saturated rings. The molecule has 0 saturated carbocycles. The number of benzene rings is 2. The number of amides is 1.